The molecule has 1 N–H and O–H groups in total. The molecule has 5 nitrogen and oxygen atoms in total. The Hall–Kier alpha value is -1.10. The van der Waals surface area contributed by atoms with Gasteiger partial charge in [-0.05, 0) is 40.2 Å². The molecule has 0 unspecified atom stereocenters. The zero-order valence-corrected chi connectivity index (χ0v) is 12.9. The molecule has 0 heterocycles. The molecular formula is C14H28N2O3. The molecule has 0 saturated carbocycles. The molecule has 19 heavy (non-hydrogen) atoms. The van der Waals surface area contributed by atoms with Gasteiger partial charge in [0.2, 0.25) is 5.91 Å². The van der Waals surface area contributed by atoms with Gasteiger partial charge in [0.15, 0.2) is 0 Å². The van der Waals surface area contributed by atoms with Gasteiger partial charge in [-0.15, -0.1) is 0 Å². The third kappa shape index (κ3) is 10.5. The summed E-state index contributed by atoms with van der Waals surface area (Å²) in [7, 11) is 0. The number of ether oxygens (including phenoxy) is 1. The normalized spacial score (nSPS) is 11.5. The number of rotatable bonds is 8. The van der Waals surface area contributed by atoms with E-state index in [0.29, 0.717) is 13.1 Å². The Kier molecular flexibility index (Phi) is 8.39. The van der Waals surface area contributed by atoms with Crippen LogP contribution in [0.15, 0.2) is 0 Å². The minimum absolute atomic E-state index is 0.0427. The van der Waals surface area contributed by atoms with Gasteiger partial charge in [0.1, 0.15) is 5.60 Å². The number of amides is 1. The van der Waals surface area contributed by atoms with Crippen molar-refractivity contribution in [2.75, 3.05) is 26.2 Å². The fourth-order valence-corrected chi connectivity index (χ4v) is 1.61. The standard InChI is InChI=1S/C14H28N2O3/c1-6-8-15-12(17)10-16(9-7-2)11-13(18)19-14(3,4)5/h6-11H2,1-5H3,(H,15,17). The smallest absolute Gasteiger partial charge is 0.320 e. The van der Waals surface area contributed by atoms with Gasteiger partial charge in [-0.2, -0.15) is 0 Å². The first-order chi connectivity index (χ1) is 8.78. The van der Waals surface area contributed by atoms with Crippen LogP contribution >= 0.6 is 0 Å². The molecule has 0 spiro atoms. The highest BCUT2D eigenvalue weighted by atomic mass is 16.6. The number of nitrogens with one attached hydrogen (secondary N) is 1. The summed E-state index contributed by atoms with van der Waals surface area (Å²) in [5, 5.41) is 2.81. The first-order valence-corrected chi connectivity index (χ1v) is 6.99. The summed E-state index contributed by atoms with van der Waals surface area (Å²) in [6.07, 6.45) is 1.80. The minimum Gasteiger partial charge on any atom is -0.459 e. The summed E-state index contributed by atoms with van der Waals surface area (Å²) in [4.78, 5) is 25.2. The van der Waals surface area contributed by atoms with E-state index in [2.05, 4.69) is 5.32 Å². The number of hydrogen-bond acceptors (Lipinski definition) is 4. The van der Waals surface area contributed by atoms with Crippen LogP contribution in [0.4, 0.5) is 0 Å². The molecule has 5 heteroatoms. The van der Waals surface area contributed by atoms with Crippen molar-refractivity contribution in [1.29, 1.82) is 0 Å². The van der Waals surface area contributed by atoms with Crippen molar-refractivity contribution >= 4 is 11.9 Å². The Bertz CT molecular complexity index is 285. The molecule has 0 atom stereocenters. The van der Waals surface area contributed by atoms with Crippen LogP contribution in [0.25, 0.3) is 0 Å². The Morgan fingerprint density at radius 2 is 1.74 bits per heavy atom. The fraction of sp³-hybridized carbons (Fsp3) is 0.857. The van der Waals surface area contributed by atoms with Crippen LogP contribution in [0.3, 0.4) is 0 Å². The number of carbonyl (C=O) groups is 2. The highest BCUT2D eigenvalue weighted by molar-refractivity contribution is 5.79. The summed E-state index contributed by atoms with van der Waals surface area (Å²) in [6, 6.07) is 0. The van der Waals surface area contributed by atoms with Gasteiger partial charge in [0.25, 0.3) is 0 Å². The van der Waals surface area contributed by atoms with Crippen molar-refractivity contribution in [3.63, 3.8) is 0 Å². The lowest BCUT2D eigenvalue weighted by molar-refractivity contribution is -0.156. The van der Waals surface area contributed by atoms with Gasteiger partial charge in [-0.3, -0.25) is 14.5 Å². The predicted octanol–water partition coefficient (Wildman–Crippen LogP) is 1.57. The molecule has 0 aromatic heterocycles. The van der Waals surface area contributed by atoms with Gasteiger partial charge in [0, 0.05) is 6.54 Å². The first-order valence-electron chi connectivity index (χ1n) is 6.99. The van der Waals surface area contributed by atoms with Crippen LogP contribution in [0.5, 0.6) is 0 Å². The Morgan fingerprint density at radius 1 is 1.11 bits per heavy atom. The van der Waals surface area contributed by atoms with E-state index >= 15 is 0 Å². The van der Waals surface area contributed by atoms with Crippen LogP contribution < -0.4 is 5.32 Å². The molecule has 0 aliphatic carbocycles. The molecule has 0 radical (unpaired) electrons. The second-order valence-corrected chi connectivity index (χ2v) is 5.65. The summed E-state index contributed by atoms with van der Waals surface area (Å²) >= 11 is 0. The monoisotopic (exact) mass is 272 g/mol. The zero-order valence-electron chi connectivity index (χ0n) is 12.9. The molecular weight excluding hydrogens is 244 g/mol. The van der Waals surface area contributed by atoms with Crippen molar-refractivity contribution < 1.29 is 14.3 Å². The maximum atomic E-state index is 11.7. The lowest BCUT2D eigenvalue weighted by Gasteiger charge is -2.24. The van der Waals surface area contributed by atoms with Crippen molar-refractivity contribution in [3.8, 4) is 0 Å². The Labute approximate surface area is 116 Å². The van der Waals surface area contributed by atoms with Crippen molar-refractivity contribution in [1.82, 2.24) is 10.2 Å². The average molecular weight is 272 g/mol. The lowest BCUT2D eigenvalue weighted by Crippen LogP contribution is -2.42. The third-order valence-corrected chi connectivity index (χ3v) is 2.25. The summed E-state index contributed by atoms with van der Waals surface area (Å²) in [5.41, 5.74) is -0.487. The molecule has 112 valence electrons. The van der Waals surface area contributed by atoms with Gasteiger partial charge in [0.05, 0.1) is 13.1 Å². The Balaban J connectivity index is 4.24. The Morgan fingerprint density at radius 3 is 2.21 bits per heavy atom. The molecule has 0 rings (SSSR count). The molecule has 0 fully saturated rings. The van der Waals surface area contributed by atoms with Crippen LogP contribution in [0, 0.1) is 0 Å². The molecule has 0 aliphatic rings. The minimum atomic E-state index is -0.487. The van der Waals surface area contributed by atoms with Crippen LogP contribution in [-0.4, -0.2) is 48.6 Å². The number of hydrogen-bond donors (Lipinski definition) is 1. The fourth-order valence-electron chi connectivity index (χ4n) is 1.61. The highest BCUT2D eigenvalue weighted by Crippen LogP contribution is 2.07. The zero-order chi connectivity index (χ0) is 14.9. The molecule has 0 aromatic rings. The van der Waals surface area contributed by atoms with E-state index in [0.717, 1.165) is 12.8 Å². The largest absolute Gasteiger partial charge is 0.459 e. The van der Waals surface area contributed by atoms with Crippen LogP contribution in [0.2, 0.25) is 0 Å². The number of nitrogens with zero attached hydrogens (tertiary/aromatic N) is 1. The van der Waals surface area contributed by atoms with E-state index < -0.39 is 5.60 Å². The van der Waals surface area contributed by atoms with Crippen LogP contribution in [0.1, 0.15) is 47.5 Å². The van der Waals surface area contributed by atoms with Crippen molar-refractivity contribution in [2.45, 2.75) is 53.1 Å². The maximum Gasteiger partial charge on any atom is 0.320 e. The van der Waals surface area contributed by atoms with Crippen LogP contribution in [-0.2, 0) is 14.3 Å². The molecule has 0 bridgehead atoms. The van der Waals surface area contributed by atoms with E-state index in [-0.39, 0.29) is 25.0 Å². The van der Waals surface area contributed by atoms with Gasteiger partial charge >= 0.3 is 5.97 Å². The maximum absolute atomic E-state index is 11.7. The van der Waals surface area contributed by atoms with Gasteiger partial charge in [-0.25, -0.2) is 0 Å². The van der Waals surface area contributed by atoms with E-state index in [1.165, 1.54) is 0 Å². The van der Waals surface area contributed by atoms with E-state index in [1.54, 1.807) is 0 Å². The molecule has 0 saturated heterocycles. The highest BCUT2D eigenvalue weighted by Gasteiger charge is 2.19. The van der Waals surface area contributed by atoms with E-state index in [1.807, 2.05) is 39.5 Å². The number of esters is 1. The lowest BCUT2D eigenvalue weighted by atomic mass is 10.2. The third-order valence-electron chi connectivity index (χ3n) is 2.25. The second kappa shape index (κ2) is 8.91. The first kappa shape index (κ1) is 17.9. The van der Waals surface area contributed by atoms with Crippen molar-refractivity contribution in [3.05, 3.63) is 0 Å². The molecule has 0 aromatic carbocycles. The molecule has 1 amide bonds. The summed E-state index contributed by atoms with van der Waals surface area (Å²) in [5.74, 6) is -0.330. The average Bonchev–Trinajstić information content (AvgIpc) is 2.23. The summed E-state index contributed by atoms with van der Waals surface area (Å²) < 4.78 is 5.26. The van der Waals surface area contributed by atoms with Crippen molar-refractivity contribution in [2.24, 2.45) is 0 Å². The quantitative estimate of drug-likeness (QED) is 0.681. The SMILES string of the molecule is CCCNC(=O)CN(CCC)CC(=O)OC(C)(C)C. The van der Waals surface area contributed by atoms with Gasteiger partial charge in [-0.1, -0.05) is 13.8 Å². The topological polar surface area (TPSA) is 58.6 Å². The van der Waals surface area contributed by atoms with E-state index in [9.17, 15) is 9.59 Å². The summed E-state index contributed by atoms with van der Waals surface area (Å²) in [6.45, 7) is 11.3. The predicted molar refractivity (Wildman–Crippen MR) is 75.9 cm³/mol. The second-order valence-electron chi connectivity index (χ2n) is 5.65. The van der Waals surface area contributed by atoms with E-state index in [4.69, 9.17) is 4.74 Å². The number of carbonyl (C=O) groups excluding carboxylic acids is 2. The molecule has 0 aliphatic heterocycles. The van der Waals surface area contributed by atoms with Gasteiger partial charge < -0.3 is 10.1 Å².